The molecule has 1 amide bonds. The zero-order valence-corrected chi connectivity index (χ0v) is 10.7. The number of hydrogen-bond donors (Lipinski definition) is 3. The van der Waals surface area contributed by atoms with Crippen LogP contribution in [0.3, 0.4) is 0 Å². The van der Waals surface area contributed by atoms with Gasteiger partial charge in [-0.2, -0.15) is 0 Å². The van der Waals surface area contributed by atoms with Crippen molar-refractivity contribution in [3.8, 4) is 0 Å². The van der Waals surface area contributed by atoms with Gasteiger partial charge in [-0.25, -0.2) is 0 Å². The van der Waals surface area contributed by atoms with Crippen molar-refractivity contribution in [3.05, 3.63) is 11.6 Å². The molecule has 1 aliphatic rings. The zero-order chi connectivity index (χ0) is 14.0. The van der Waals surface area contributed by atoms with E-state index in [0.29, 0.717) is 5.82 Å². The highest BCUT2D eigenvalue weighted by Crippen LogP contribution is 2.18. The molecule has 104 valence electrons. The lowest BCUT2D eigenvalue weighted by molar-refractivity contribution is -0.139. The summed E-state index contributed by atoms with van der Waals surface area (Å²) in [5.74, 6) is 0.0122. The molecule has 4 N–H and O–H groups in total. The van der Waals surface area contributed by atoms with Crippen molar-refractivity contribution in [1.82, 2.24) is 20.1 Å². The third-order valence-electron chi connectivity index (χ3n) is 3.12. The molecule has 0 saturated carbocycles. The van der Waals surface area contributed by atoms with Crippen LogP contribution >= 0.6 is 0 Å². The number of carbonyl (C=O) groups is 2. The van der Waals surface area contributed by atoms with Crippen LogP contribution in [0, 0.1) is 0 Å². The second-order valence-electron chi connectivity index (χ2n) is 4.66. The molecule has 1 aliphatic heterocycles. The number of carboxylic acids is 1. The average Bonchev–Trinajstić information content (AvgIpc) is 2.88. The molecule has 2 atom stereocenters. The molecule has 2 unspecified atom stereocenters. The summed E-state index contributed by atoms with van der Waals surface area (Å²) in [5, 5.41) is 19.4. The van der Waals surface area contributed by atoms with Gasteiger partial charge < -0.3 is 20.7 Å². The average molecular weight is 267 g/mol. The second kappa shape index (κ2) is 5.35. The van der Waals surface area contributed by atoms with Gasteiger partial charge in [0.25, 0.3) is 0 Å². The maximum absolute atomic E-state index is 11.7. The second-order valence-corrected chi connectivity index (χ2v) is 4.66. The summed E-state index contributed by atoms with van der Waals surface area (Å²) in [6.45, 7) is 2.63. The number of nitrogens with one attached hydrogen (secondary N) is 1. The quantitative estimate of drug-likeness (QED) is 0.642. The Morgan fingerprint density at radius 1 is 1.53 bits per heavy atom. The van der Waals surface area contributed by atoms with Crippen LogP contribution in [0.2, 0.25) is 0 Å². The fourth-order valence-corrected chi connectivity index (χ4v) is 2.16. The number of carboxylic acid groups (broad SMARTS) is 1. The summed E-state index contributed by atoms with van der Waals surface area (Å²) in [6, 6.07) is -1.40. The summed E-state index contributed by atoms with van der Waals surface area (Å²) in [5.41, 5.74) is 5.50. The Hall–Kier alpha value is -1.96. The van der Waals surface area contributed by atoms with Crippen molar-refractivity contribution in [1.29, 1.82) is 0 Å². The predicted molar refractivity (Wildman–Crippen MR) is 65.1 cm³/mol. The molecular formula is C11H17N5O3. The maximum atomic E-state index is 11.7. The minimum absolute atomic E-state index is 0.341. The van der Waals surface area contributed by atoms with Crippen LogP contribution in [0.15, 0.2) is 0 Å². The van der Waals surface area contributed by atoms with Crippen LogP contribution in [0.5, 0.6) is 0 Å². The van der Waals surface area contributed by atoms with Crippen LogP contribution in [0.25, 0.3) is 0 Å². The molecule has 1 aromatic rings. The van der Waals surface area contributed by atoms with Gasteiger partial charge in [-0.15, -0.1) is 10.2 Å². The minimum atomic E-state index is -1.10. The monoisotopic (exact) mass is 267 g/mol. The lowest BCUT2D eigenvalue weighted by atomic mass is 10.2. The van der Waals surface area contributed by atoms with Gasteiger partial charge in [-0.05, 0) is 13.3 Å². The molecule has 0 aliphatic carbocycles. The van der Waals surface area contributed by atoms with E-state index in [2.05, 4.69) is 15.5 Å². The third kappa shape index (κ3) is 2.90. The van der Waals surface area contributed by atoms with E-state index >= 15 is 0 Å². The van der Waals surface area contributed by atoms with E-state index in [-0.39, 0.29) is 6.04 Å². The van der Waals surface area contributed by atoms with Crippen molar-refractivity contribution in [2.45, 2.75) is 44.8 Å². The van der Waals surface area contributed by atoms with Gasteiger partial charge in [0.05, 0.1) is 18.5 Å². The standard InChI is InChI=1S/C11H17N5O3/c1-6(13-11(19)7(12)5-9(17)18)10-15-14-8-3-2-4-16(8)10/h6-7H,2-5,12H2,1H3,(H,13,19)(H,17,18). The van der Waals surface area contributed by atoms with E-state index in [4.69, 9.17) is 10.8 Å². The van der Waals surface area contributed by atoms with Crippen molar-refractivity contribution in [3.63, 3.8) is 0 Å². The highest BCUT2D eigenvalue weighted by Gasteiger charge is 2.24. The van der Waals surface area contributed by atoms with Crippen LogP contribution in [0.1, 0.15) is 37.5 Å². The Balaban J connectivity index is 1.99. The van der Waals surface area contributed by atoms with E-state index in [1.54, 1.807) is 6.92 Å². The number of aliphatic carboxylic acids is 1. The van der Waals surface area contributed by atoms with Crippen LogP contribution in [-0.4, -0.2) is 37.8 Å². The minimum Gasteiger partial charge on any atom is -0.481 e. The van der Waals surface area contributed by atoms with Crippen molar-refractivity contribution in [2.24, 2.45) is 5.73 Å². The van der Waals surface area contributed by atoms with Gasteiger partial charge in [0.2, 0.25) is 5.91 Å². The molecule has 2 heterocycles. The molecule has 0 aromatic carbocycles. The zero-order valence-electron chi connectivity index (χ0n) is 10.7. The van der Waals surface area contributed by atoms with E-state index in [9.17, 15) is 9.59 Å². The number of nitrogens with two attached hydrogens (primary N) is 1. The van der Waals surface area contributed by atoms with Crippen molar-refractivity contribution in [2.75, 3.05) is 0 Å². The SMILES string of the molecule is CC(NC(=O)C(N)CC(=O)O)c1nnc2n1CCC2. The van der Waals surface area contributed by atoms with Crippen LogP contribution < -0.4 is 11.1 Å². The van der Waals surface area contributed by atoms with E-state index in [1.807, 2.05) is 4.57 Å². The third-order valence-corrected chi connectivity index (χ3v) is 3.12. The Bertz CT molecular complexity index is 499. The van der Waals surface area contributed by atoms with Gasteiger partial charge in [0, 0.05) is 13.0 Å². The summed E-state index contributed by atoms with van der Waals surface area (Å²) < 4.78 is 1.98. The highest BCUT2D eigenvalue weighted by molar-refractivity contribution is 5.86. The number of hydrogen-bond acceptors (Lipinski definition) is 5. The van der Waals surface area contributed by atoms with Gasteiger partial charge in [-0.3, -0.25) is 9.59 Å². The fourth-order valence-electron chi connectivity index (χ4n) is 2.16. The number of carbonyl (C=O) groups excluding carboxylic acids is 1. The molecule has 1 aromatic heterocycles. The lowest BCUT2D eigenvalue weighted by Crippen LogP contribution is -2.43. The summed E-state index contributed by atoms with van der Waals surface area (Å²) in [6.07, 6.45) is 1.53. The van der Waals surface area contributed by atoms with Gasteiger partial charge >= 0.3 is 5.97 Å². The van der Waals surface area contributed by atoms with Crippen LogP contribution in [0.4, 0.5) is 0 Å². The highest BCUT2D eigenvalue weighted by atomic mass is 16.4. The van der Waals surface area contributed by atoms with Gasteiger partial charge in [0.15, 0.2) is 5.82 Å². The topological polar surface area (TPSA) is 123 Å². The molecular weight excluding hydrogens is 250 g/mol. The smallest absolute Gasteiger partial charge is 0.305 e. The van der Waals surface area contributed by atoms with E-state index < -0.39 is 24.3 Å². The molecule has 0 spiro atoms. The first-order chi connectivity index (χ1) is 8.99. The number of aryl methyl sites for hydroxylation is 1. The molecule has 0 bridgehead atoms. The Kier molecular flexibility index (Phi) is 3.79. The first-order valence-corrected chi connectivity index (χ1v) is 6.18. The number of rotatable bonds is 5. The molecule has 0 saturated heterocycles. The van der Waals surface area contributed by atoms with Crippen LogP contribution in [-0.2, 0) is 22.6 Å². The predicted octanol–water partition coefficient (Wildman–Crippen LogP) is -0.796. The van der Waals surface area contributed by atoms with E-state index in [0.717, 1.165) is 25.2 Å². The molecule has 0 radical (unpaired) electrons. The number of amides is 1. The first-order valence-electron chi connectivity index (χ1n) is 6.18. The van der Waals surface area contributed by atoms with Gasteiger partial charge in [-0.1, -0.05) is 0 Å². The number of nitrogens with zero attached hydrogens (tertiary/aromatic N) is 3. The molecule has 2 rings (SSSR count). The van der Waals surface area contributed by atoms with Crippen molar-refractivity contribution >= 4 is 11.9 Å². The Morgan fingerprint density at radius 3 is 2.95 bits per heavy atom. The number of fused-ring (bicyclic) bond motifs is 1. The summed E-state index contributed by atoms with van der Waals surface area (Å²) in [4.78, 5) is 22.2. The largest absolute Gasteiger partial charge is 0.481 e. The molecule has 19 heavy (non-hydrogen) atoms. The van der Waals surface area contributed by atoms with Gasteiger partial charge in [0.1, 0.15) is 5.82 Å². The summed E-state index contributed by atoms with van der Waals surface area (Å²) >= 11 is 0. The normalized spacial score (nSPS) is 16.7. The summed E-state index contributed by atoms with van der Waals surface area (Å²) in [7, 11) is 0. The molecule has 8 nitrogen and oxygen atoms in total. The Morgan fingerprint density at radius 2 is 2.26 bits per heavy atom. The fraction of sp³-hybridized carbons (Fsp3) is 0.636. The molecule has 8 heteroatoms. The first kappa shape index (κ1) is 13.5. The van der Waals surface area contributed by atoms with E-state index in [1.165, 1.54) is 0 Å². The van der Waals surface area contributed by atoms with Crippen molar-refractivity contribution < 1.29 is 14.7 Å². The Labute approximate surface area is 110 Å². The molecule has 0 fully saturated rings. The maximum Gasteiger partial charge on any atom is 0.305 e. The lowest BCUT2D eigenvalue weighted by Gasteiger charge is -2.16. The number of aromatic nitrogens is 3.